The molecule has 0 radical (unpaired) electrons. The van der Waals surface area contributed by atoms with Gasteiger partial charge < -0.3 is 14.7 Å². The highest BCUT2D eigenvalue weighted by Gasteiger charge is 2.23. The molecule has 0 unspecified atom stereocenters. The first-order valence-electron chi connectivity index (χ1n) is 9.45. The van der Waals surface area contributed by atoms with Crippen molar-refractivity contribution < 1.29 is 4.79 Å². The van der Waals surface area contributed by atoms with Gasteiger partial charge in [0.2, 0.25) is 0 Å². The van der Waals surface area contributed by atoms with Gasteiger partial charge in [-0.2, -0.15) is 0 Å². The molecule has 1 aromatic heterocycles. The number of aromatic nitrogens is 2. The summed E-state index contributed by atoms with van der Waals surface area (Å²) in [4.78, 5) is 28.1. The lowest BCUT2D eigenvalue weighted by atomic mass is 10.0. The topological polar surface area (TPSA) is 52.6 Å². The highest BCUT2D eigenvalue weighted by molar-refractivity contribution is 5.92. The third-order valence-electron chi connectivity index (χ3n) is 5.35. The lowest BCUT2D eigenvalue weighted by Crippen LogP contribution is -2.48. The standard InChI is InChI=1S/C20H25N5O/c1-2-23-10-12-24(13-11-23)20(26)17-14-22-19(15-21-17)25-9-5-7-16-6-3-4-8-18(16)25/h3-4,6,8,14-15H,2,5,7,9-13H2,1H3. The molecule has 3 heterocycles. The smallest absolute Gasteiger partial charge is 0.274 e. The third-order valence-corrected chi connectivity index (χ3v) is 5.35. The molecule has 0 bridgehead atoms. The van der Waals surface area contributed by atoms with Gasteiger partial charge >= 0.3 is 0 Å². The maximum atomic E-state index is 12.7. The van der Waals surface area contributed by atoms with Crippen LogP contribution in [0.3, 0.4) is 0 Å². The van der Waals surface area contributed by atoms with Crippen molar-refractivity contribution in [3.63, 3.8) is 0 Å². The van der Waals surface area contributed by atoms with Crippen LogP contribution >= 0.6 is 0 Å². The van der Waals surface area contributed by atoms with Crippen LogP contribution < -0.4 is 4.90 Å². The van der Waals surface area contributed by atoms with Gasteiger partial charge in [-0.15, -0.1) is 0 Å². The molecule has 26 heavy (non-hydrogen) atoms. The van der Waals surface area contributed by atoms with E-state index in [4.69, 9.17) is 0 Å². The summed E-state index contributed by atoms with van der Waals surface area (Å²) in [6.07, 6.45) is 5.56. The molecule has 2 aromatic rings. The molecule has 0 spiro atoms. The van der Waals surface area contributed by atoms with E-state index >= 15 is 0 Å². The number of hydrogen-bond acceptors (Lipinski definition) is 5. The van der Waals surface area contributed by atoms with E-state index in [2.05, 4.69) is 51.0 Å². The molecular weight excluding hydrogens is 326 g/mol. The molecule has 0 N–H and O–H groups in total. The number of anilines is 2. The fourth-order valence-corrected chi connectivity index (χ4v) is 3.77. The fourth-order valence-electron chi connectivity index (χ4n) is 3.77. The summed E-state index contributed by atoms with van der Waals surface area (Å²) in [6.45, 7) is 7.49. The zero-order chi connectivity index (χ0) is 17.9. The predicted molar refractivity (Wildman–Crippen MR) is 102 cm³/mol. The van der Waals surface area contributed by atoms with Crippen molar-refractivity contribution in [3.05, 3.63) is 47.9 Å². The summed E-state index contributed by atoms with van der Waals surface area (Å²) >= 11 is 0. The molecule has 6 heteroatoms. The minimum Gasteiger partial charge on any atom is -0.335 e. The summed E-state index contributed by atoms with van der Waals surface area (Å²) < 4.78 is 0. The Labute approximate surface area is 154 Å². The second-order valence-electron chi connectivity index (χ2n) is 6.87. The van der Waals surface area contributed by atoms with Gasteiger partial charge in [0.15, 0.2) is 5.82 Å². The molecule has 4 rings (SSSR count). The number of carbonyl (C=O) groups is 1. The van der Waals surface area contributed by atoms with E-state index in [-0.39, 0.29) is 5.91 Å². The first-order valence-corrected chi connectivity index (χ1v) is 9.45. The normalized spacial score (nSPS) is 17.9. The molecule has 0 atom stereocenters. The van der Waals surface area contributed by atoms with Gasteiger partial charge in [0.05, 0.1) is 12.4 Å². The van der Waals surface area contributed by atoms with Crippen LogP contribution in [-0.2, 0) is 6.42 Å². The number of para-hydroxylation sites is 1. The molecule has 136 valence electrons. The van der Waals surface area contributed by atoms with Crippen LogP contribution in [0.4, 0.5) is 11.5 Å². The summed E-state index contributed by atoms with van der Waals surface area (Å²) in [6, 6.07) is 8.43. The average Bonchev–Trinajstić information content (AvgIpc) is 2.73. The van der Waals surface area contributed by atoms with Crippen molar-refractivity contribution in [2.24, 2.45) is 0 Å². The van der Waals surface area contributed by atoms with Crippen LogP contribution in [0.1, 0.15) is 29.4 Å². The number of likely N-dealkylation sites (N-methyl/N-ethyl adjacent to an activating group) is 1. The van der Waals surface area contributed by atoms with E-state index in [0.29, 0.717) is 5.69 Å². The van der Waals surface area contributed by atoms with E-state index in [9.17, 15) is 4.79 Å². The number of piperazine rings is 1. The number of aryl methyl sites for hydroxylation is 1. The molecule has 1 saturated heterocycles. The predicted octanol–water partition coefficient (Wildman–Crippen LogP) is 2.34. The second-order valence-corrected chi connectivity index (χ2v) is 6.87. The van der Waals surface area contributed by atoms with Gasteiger partial charge in [-0.25, -0.2) is 9.97 Å². The van der Waals surface area contributed by atoms with Crippen molar-refractivity contribution in [2.75, 3.05) is 44.2 Å². The van der Waals surface area contributed by atoms with E-state index in [1.54, 1.807) is 12.4 Å². The summed E-state index contributed by atoms with van der Waals surface area (Å²) in [7, 11) is 0. The number of hydrogen-bond donors (Lipinski definition) is 0. The number of amides is 1. The van der Waals surface area contributed by atoms with Gasteiger partial charge in [-0.05, 0) is 31.0 Å². The second kappa shape index (κ2) is 7.41. The molecule has 0 aliphatic carbocycles. The van der Waals surface area contributed by atoms with Gasteiger partial charge in [-0.3, -0.25) is 4.79 Å². The van der Waals surface area contributed by atoms with Crippen molar-refractivity contribution in [1.82, 2.24) is 19.8 Å². The summed E-state index contributed by atoms with van der Waals surface area (Å²) in [5.41, 5.74) is 2.97. The third kappa shape index (κ3) is 3.29. The van der Waals surface area contributed by atoms with Gasteiger partial charge in [0.25, 0.3) is 5.91 Å². The van der Waals surface area contributed by atoms with Crippen LogP contribution in [0.2, 0.25) is 0 Å². The van der Waals surface area contributed by atoms with Crippen LogP contribution in [-0.4, -0.2) is 64.9 Å². The number of rotatable bonds is 3. The maximum absolute atomic E-state index is 12.7. The SMILES string of the molecule is CCN1CCN(C(=O)c2cnc(N3CCCc4ccccc43)cn2)CC1. The lowest BCUT2D eigenvalue weighted by molar-refractivity contribution is 0.0637. The number of carbonyl (C=O) groups excluding carboxylic acids is 1. The van der Waals surface area contributed by atoms with Gasteiger partial charge in [-0.1, -0.05) is 25.1 Å². The molecule has 6 nitrogen and oxygen atoms in total. The molecule has 2 aliphatic rings. The number of benzene rings is 1. The first kappa shape index (κ1) is 17.0. The van der Waals surface area contributed by atoms with E-state index in [1.807, 2.05) is 4.90 Å². The van der Waals surface area contributed by atoms with Crippen molar-refractivity contribution >= 4 is 17.4 Å². The highest BCUT2D eigenvalue weighted by Crippen LogP contribution is 2.31. The average molecular weight is 351 g/mol. The van der Waals surface area contributed by atoms with Crippen LogP contribution in [0.5, 0.6) is 0 Å². The Morgan fingerprint density at radius 1 is 1.04 bits per heavy atom. The minimum absolute atomic E-state index is 0.0150. The molecule has 1 amide bonds. The van der Waals surface area contributed by atoms with E-state index < -0.39 is 0 Å². The lowest BCUT2D eigenvalue weighted by Gasteiger charge is -2.34. The maximum Gasteiger partial charge on any atom is 0.274 e. The monoisotopic (exact) mass is 351 g/mol. The Morgan fingerprint density at radius 2 is 1.85 bits per heavy atom. The van der Waals surface area contributed by atoms with E-state index in [0.717, 1.165) is 57.9 Å². The Morgan fingerprint density at radius 3 is 2.58 bits per heavy atom. The quantitative estimate of drug-likeness (QED) is 0.850. The highest BCUT2D eigenvalue weighted by atomic mass is 16.2. The molecule has 0 saturated carbocycles. The van der Waals surface area contributed by atoms with Crippen LogP contribution in [0.25, 0.3) is 0 Å². The van der Waals surface area contributed by atoms with Crippen molar-refractivity contribution in [2.45, 2.75) is 19.8 Å². The van der Waals surface area contributed by atoms with Gasteiger partial charge in [0, 0.05) is 38.4 Å². The van der Waals surface area contributed by atoms with Crippen molar-refractivity contribution in [3.8, 4) is 0 Å². The zero-order valence-electron chi connectivity index (χ0n) is 15.3. The first-order chi connectivity index (χ1) is 12.8. The largest absolute Gasteiger partial charge is 0.335 e. The van der Waals surface area contributed by atoms with Crippen molar-refractivity contribution in [1.29, 1.82) is 0 Å². The molecule has 2 aliphatic heterocycles. The Kier molecular flexibility index (Phi) is 4.84. The Hall–Kier alpha value is -2.47. The fraction of sp³-hybridized carbons (Fsp3) is 0.450. The Bertz CT molecular complexity index is 768. The Balaban J connectivity index is 1.49. The zero-order valence-corrected chi connectivity index (χ0v) is 15.3. The molecular formula is C20H25N5O. The van der Waals surface area contributed by atoms with Crippen LogP contribution in [0, 0.1) is 0 Å². The van der Waals surface area contributed by atoms with E-state index in [1.165, 1.54) is 11.3 Å². The van der Waals surface area contributed by atoms with Gasteiger partial charge in [0.1, 0.15) is 5.69 Å². The summed E-state index contributed by atoms with van der Waals surface area (Å²) in [5, 5.41) is 0. The van der Waals surface area contributed by atoms with Crippen LogP contribution in [0.15, 0.2) is 36.7 Å². The number of fused-ring (bicyclic) bond motifs is 1. The molecule has 1 aromatic carbocycles. The minimum atomic E-state index is -0.0150. The summed E-state index contributed by atoms with van der Waals surface area (Å²) in [5.74, 6) is 0.795. The number of nitrogens with zero attached hydrogens (tertiary/aromatic N) is 5. The molecule has 1 fully saturated rings.